The van der Waals surface area contributed by atoms with Gasteiger partial charge in [-0.1, -0.05) is 30.3 Å². The van der Waals surface area contributed by atoms with Gasteiger partial charge in [-0.05, 0) is 31.2 Å². The van der Waals surface area contributed by atoms with Crippen molar-refractivity contribution in [3.63, 3.8) is 0 Å². The Bertz CT molecular complexity index is 421. The first-order valence-corrected chi connectivity index (χ1v) is 6.78. The lowest BCUT2D eigenvalue weighted by Crippen LogP contribution is -2.45. The molecule has 2 atom stereocenters. The van der Waals surface area contributed by atoms with Crippen LogP contribution < -0.4 is 5.73 Å². The van der Waals surface area contributed by atoms with Gasteiger partial charge in [-0.2, -0.15) is 0 Å². The Morgan fingerprint density at radius 2 is 2.16 bits per heavy atom. The van der Waals surface area contributed by atoms with Gasteiger partial charge in [0.05, 0.1) is 6.10 Å². The molecular weight excluding hydrogens is 242 g/mol. The maximum absolute atomic E-state index is 11.0. The van der Waals surface area contributed by atoms with Gasteiger partial charge in [-0.3, -0.25) is 4.79 Å². The Labute approximate surface area is 113 Å². The van der Waals surface area contributed by atoms with Crippen molar-refractivity contribution in [2.75, 3.05) is 6.61 Å². The minimum atomic E-state index is -1.08. The SMILES string of the molecule is NC1(C(=O)O)CCC(OCCCc2ccccc2)C1. The van der Waals surface area contributed by atoms with Crippen molar-refractivity contribution in [3.05, 3.63) is 35.9 Å². The van der Waals surface area contributed by atoms with Crippen LogP contribution >= 0.6 is 0 Å². The third-order valence-electron chi connectivity index (χ3n) is 3.74. The summed E-state index contributed by atoms with van der Waals surface area (Å²) in [5.74, 6) is -0.914. The second-order valence-corrected chi connectivity index (χ2v) is 5.29. The van der Waals surface area contributed by atoms with E-state index in [4.69, 9.17) is 15.6 Å². The normalized spacial score (nSPS) is 26.5. The molecule has 1 aromatic carbocycles. The van der Waals surface area contributed by atoms with E-state index in [0.717, 1.165) is 19.3 Å². The van der Waals surface area contributed by atoms with E-state index in [1.165, 1.54) is 5.56 Å². The Morgan fingerprint density at radius 3 is 2.79 bits per heavy atom. The molecular formula is C15H21NO3. The van der Waals surface area contributed by atoms with Gasteiger partial charge in [0.15, 0.2) is 0 Å². The monoisotopic (exact) mass is 263 g/mol. The predicted molar refractivity (Wildman–Crippen MR) is 72.9 cm³/mol. The highest BCUT2D eigenvalue weighted by atomic mass is 16.5. The number of aliphatic carboxylic acids is 1. The third-order valence-corrected chi connectivity index (χ3v) is 3.74. The molecule has 0 heterocycles. The van der Waals surface area contributed by atoms with Gasteiger partial charge in [-0.15, -0.1) is 0 Å². The van der Waals surface area contributed by atoms with Gasteiger partial charge in [0.25, 0.3) is 0 Å². The zero-order chi connectivity index (χ0) is 13.7. The first kappa shape index (κ1) is 14.0. The van der Waals surface area contributed by atoms with E-state index in [2.05, 4.69) is 12.1 Å². The molecule has 1 saturated carbocycles. The number of aryl methyl sites for hydroxylation is 1. The van der Waals surface area contributed by atoms with Crippen molar-refractivity contribution in [1.29, 1.82) is 0 Å². The van der Waals surface area contributed by atoms with Crippen LogP contribution in [0.4, 0.5) is 0 Å². The first-order chi connectivity index (χ1) is 9.10. The summed E-state index contributed by atoms with van der Waals surface area (Å²) in [7, 11) is 0. The molecule has 1 aliphatic carbocycles. The van der Waals surface area contributed by atoms with E-state index in [1.54, 1.807) is 0 Å². The van der Waals surface area contributed by atoms with Crippen molar-refractivity contribution in [2.24, 2.45) is 5.73 Å². The van der Waals surface area contributed by atoms with Crippen LogP contribution in [0.2, 0.25) is 0 Å². The lowest BCUT2D eigenvalue weighted by molar-refractivity contribution is -0.143. The van der Waals surface area contributed by atoms with E-state index in [1.807, 2.05) is 18.2 Å². The van der Waals surface area contributed by atoms with Crippen LogP contribution in [0.1, 0.15) is 31.2 Å². The molecule has 4 heteroatoms. The van der Waals surface area contributed by atoms with Crippen LogP contribution in [0.3, 0.4) is 0 Å². The summed E-state index contributed by atoms with van der Waals surface area (Å²) in [6, 6.07) is 10.3. The Morgan fingerprint density at radius 1 is 1.42 bits per heavy atom. The fraction of sp³-hybridized carbons (Fsp3) is 0.533. The topological polar surface area (TPSA) is 72.6 Å². The number of hydrogen-bond donors (Lipinski definition) is 2. The summed E-state index contributed by atoms with van der Waals surface area (Å²) < 4.78 is 5.73. The molecule has 3 N–H and O–H groups in total. The second-order valence-electron chi connectivity index (χ2n) is 5.29. The largest absolute Gasteiger partial charge is 0.480 e. The zero-order valence-electron chi connectivity index (χ0n) is 11.0. The second kappa shape index (κ2) is 6.17. The Balaban J connectivity index is 1.66. The summed E-state index contributed by atoms with van der Waals surface area (Å²) in [4.78, 5) is 11.0. The molecule has 1 fully saturated rings. The van der Waals surface area contributed by atoms with Gasteiger partial charge in [-0.25, -0.2) is 0 Å². The molecule has 0 aromatic heterocycles. The lowest BCUT2D eigenvalue weighted by Gasteiger charge is -2.18. The quantitative estimate of drug-likeness (QED) is 0.770. The van der Waals surface area contributed by atoms with E-state index >= 15 is 0 Å². The zero-order valence-corrected chi connectivity index (χ0v) is 11.0. The van der Waals surface area contributed by atoms with Crippen molar-refractivity contribution in [1.82, 2.24) is 0 Å². The third kappa shape index (κ3) is 3.78. The summed E-state index contributed by atoms with van der Waals surface area (Å²) in [6.07, 6.45) is 3.61. The average molecular weight is 263 g/mol. The van der Waals surface area contributed by atoms with Gasteiger partial charge < -0.3 is 15.6 Å². The van der Waals surface area contributed by atoms with Gasteiger partial charge in [0, 0.05) is 13.0 Å². The van der Waals surface area contributed by atoms with Crippen LogP contribution in [0.25, 0.3) is 0 Å². The molecule has 19 heavy (non-hydrogen) atoms. The predicted octanol–water partition coefficient (Wildman–Crippen LogP) is 1.97. The van der Waals surface area contributed by atoms with Crippen LogP contribution in [0, 0.1) is 0 Å². The molecule has 0 radical (unpaired) electrons. The van der Waals surface area contributed by atoms with E-state index in [0.29, 0.717) is 19.4 Å². The minimum Gasteiger partial charge on any atom is -0.480 e. The van der Waals surface area contributed by atoms with Crippen molar-refractivity contribution in [3.8, 4) is 0 Å². The molecule has 104 valence electrons. The summed E-state index contributed by atoms with van der Waals surface area (Å²) in [6.45, 7) is 0.662. The summed E-state index contributed by atoms with van der Waals surface area (Å²) >= 11 is 0. The molecule has 1 aliphatic rings. The highest BCUT2D eigenvalue weighted by Gasteiger charge is 2.42. The van der Waals surface area contributed by atoms with Gasteiger partial charge >= 0.3 is 5.97 Å². The number of nitrogens with two attached hydrogens (primary N) is 1. The first-order valence-electron chi connectivity index (χ1n) is 6.78. The van der Waals surface area contributed by atoms with Gasteiger partial charge in [0.1, 0.15) is 5.54 Å². The van der Waals surface area contributed by atoms with Crippen molar-refractivity contribution in [2.45, 2.75) is 43.7 Å². The molecule has 0 saturated heterocycles. The number of rotatable bonds is 6. The molecule has 0 amide bonds. The van der Waals surface area contributed by atoms with E-state index in [9.17, 15) is 4.79 Å². The standard InChI is InChI=1S/C15H21NO3/c16-15(14(17)18)9-8-13(11-15)19-10-4-7-12-5-2-1-3-6-12/h1-3,5-6,13H,4,7-11,16H2,(H,17,18). The molecule has 2 rings (SSSR count). The van der Waals surface area contributed by atoms with E-state index < -0.39 is 11.5 Å². The van der Waals surface area contributed by atoms with Crippen LogP contribution in [-0.4, -0.2) is 29.3 Å². The highest BCUT2D eigenvalue weighted by Crippen LogP contribution is 2.30. The number of benzene rings is 1. The maximum atomic E-state index is 11.0. The molecule has 1 aromatic rings. The Kier molecular flexibility index (Phi) is 4.56. The number of ether oxygens (including phenoxy) is 1. The lowest BCUT2D eigenvalue weighted by atomic mass is 10.00. The molecule has 4 nitrogen and oxygen atoms in total. The van der Waals surface area contributed by atoms with Crippen LogP contribution in [-0.2, 0) is 16.0 Å². The summed E-state index contributed by atoms with van der Waals surface area (Å²) in [5, 5.41) is 9.03. The molecule has 0 aliphatic heterocycles. The number of carboxylic acid groups (broad SMARTS) is 1. The Hall–Kier alpha value is -1.39. The van der Waals surface area contributed by atoms with Gasteiger partial charge in [0.2, 0.25) is 0 Å². The van der Waals surface area contributed by atoms with Crippen molar-refractivity contribution < 1.29 is 14.6 Å². The number of carboxylic acids is 1. The fourth-order valence-corrected chi connectivity index (χ4v) is 2.54. The molecule has 2 unspecified atom stereocenters. The number of hydrogen-bond acceptors (Lipinski definition) is 3. The van der Waals surface area contributed by atoms with Crippen molar-refractivity contribution >= 4 is 5.97 Å². The maximum Gasteiger partial charge on any atom is 0.323 e. The van der Waals surface area contributed by atoms with E-state index in [-0.39, 0.29) is 6.10 Å². The minimum absolute atomic E-state index is 0.00290. The number of carbonyl (C=O) groups is 1. The highest BCUT2D eigenvalue weighted by molar-refractivity contribution is 5.78. The fourth-order valence-electron chi connectivity index (χ4n) is 2.54. The smallest absolute Gasteiger partial charge is 0.323 e. The van der Waals surface area contributed by atoms with Crippen LogP contribution in [0.15, 0.2) is 30.3 Å². The average Bonchev–Trinajstić information content (AvgIpc) is 2.79. The molecule has 0 spiro atoms. The van der Waals surface area contributed by atoms with Crippen LogP contribution in [0.5, 0.6) is 0 Å². The summed E-state index contributed by atoms with van der Waals surface area (Å²) in [5.41, 5.74) is 6.03. The molecule has 0 bridgehead atoms.